The van der Waals surface area contributed by atoms with E-state index in [9.17, 15) is 0 Å². The molecule has 10 heavy (non-hydrogen) atoms. The SMILES string of the molecule is ClCC1=CC=CCN1CCl. The molecule has 0 radical (unpaired) electrons. The Kier molecular flexibility index (Phi) is 3.10. The van der Waals surface area contributed by atoms with Crippen molar-refractivity contribution in [1.29, 1.82) is 0 Å². The van der Waals surface area contributed by atoms with Crippen LogP contribution in [0.5, 0.6) is 0 Å². The Morgan fingerprint density at radius 2 is 2.30 bits per heavy atom. The molecule has 0 unspecified atom stereocenters. The zero-order valence-electron chi connectivity index (χ0n) is 5.56. The van der Waals surface area contributed by atoms with Crippen LogP contribution < -0.4 is 0 Å². The first kappa shape index (κ1) is 7.96. The van der Waals surface area contributed by atoms with Crippen LogP contribution in [0, 0.1) is 0 Å². The van der Waals surface area contributed by atoms with Gasteiger partial charge in [0.15, 0.2) is 0 Å². The summed E-state index contributed by atoms with van der Waals surface area (Å²) in [6.45, 7) is 0.877. The van der Waals surface area contributed by atoms with Gasteiger partial charge in [-0.1, -0.05) is 12.2 Å². The molecule has 1 aliphatic heterocycles. The summed E-state index contributed by atoms with van der Waals surface area (Å²) in [5.74, 6) is 0.539. The summed E-state index contributed by atoms with van der Waals surface area (Å²) in [6.07, 6.45) is 6.04. The second-order valence-electron chi connectivity index (χ2n) is 2.06. The van der Waals surface area contributed by atoms with Crippen molar-refractivity contribution in [1.82, 2.24) is 4.90 Å². The number of allylic oxidation sites excluding steroid dienone is 3. The summed E-state index contributed by atoms with van der Waals surface area (Å²) in [5, 5.41) is 0. The third-order valence-corrected chi connectivity index (χ3v) is 2.00. The fraction of sp³-hybridized carbons (Fsp3) is 0.429. The number of halogens is 2. The molecule has 3 heteroatoms. The normalized spacial score (nSPS) is 17.4. The number of rotatable bonds is 2. The van der Waals surface area contributed by atoms with Crippen molar-refractivity contribution < 1.29 is 0 Å². The maximum atomic E-state index is 5.65. The van der Waals surface area contributed by atoms with Crippen LogP contribution in [0.4, 0.5) is 0 Å². The van der Waals surface area contributed by atoms with Crippen LogP contribution in [0.25, 0.3) is 0 Å². The summed E-state index contributed by atoms with van der Waals surface area (Å²) >= 11 is 11.3. The van der Waals surface area contributed by atoms with Crippen molar-refractivity contribution in [2.24, 2.45) is 0 Å². The largest absolute Gasteiger partial charge is 0.356 e. The van der Waals surface area contributed by atoms with E-state index in [2.05, 4.69) is 6.08 Å². The van der Waals surface area contributed by atoms with Gasteiger partial charge >= 0.3 is 0 Å². The molecule has 1 nitrogen and oxygen atoms in total. The molecule has 0 aromatic carbocycles. The first-order chi connectivity index (χ1) is 4.88. The Hall–Kier alpha value is -0.140. The average Bonchev–Trinajstić information content (AvgIpc) is 2.04. The van der Waals surface area contributed by atoms with E-state index in [1.54, 1.807) is 0 Å². The van der Waals surface area contributed by atoms with Crippen LogP contribution in [-0.2, 0) is 0 Å². The molecule has 0 aliphatic carbocycles. The summed E-state index contributed by atoms with van der Waals surface area (Å²) in [4.78, 5) is 2.02. The second kappa shape index (κ2) is 3.89. The van der Waals surface area contributed by atoms with Crippen molar-refractivity contribution in [3.05, 3.63) is 23.9 Å². The first-order valence-corrected chi connectivity index (χ1v) is 4.18. The van der Waals surface area contributed by atoms with Gasteiger partial charge in [0.2, 0.25) is 0 Å². The summed E-state index contributed by atoms with van der Waals surface area (Å²) in [6, 6.07) is 0.517. The van der Waals surface area contributed by atoms with E-state index in [0.717, 1.165) is 12.2 Å². The first-order valence-electron chi connectivity index (χ1n) is 3.11. The molecule has 1 rings (SSSR count). The summed E-state index contributed by atoms with van der Waals surface area (Å²) < 4.78 is 0. The van der Waals surface area contributed by atoms with Crippen LogP contribution in [0.1, 0.15) is 0 Å². The molecule has 0 aromatic rings. The van der Waals surface area contributed by atoms with E-state index in [4.69, 9.17) is 23.2 Å². The Labute approximate surface area is 70.9 Å². The fourth-order valence-corrected chi connectivity index (χ4v) is 1.35. The Morgan fingerprint density at radius 1 is 1.50 bits per heavy atom. The van der Waals surface area contributed by atoms with Gasteiger partial charge < -0.3 is 4.90 Å². The number of hydrogen-bond donors (Lipinski definition) is 0. The fourth-order valence-electron chi connectivity index (χ4n) is 0.844. The lowest BCUT2D eigenvalue weighted by molar-refractivity contribution is 0.440. The van der Waals surface area contributed by atoms with Crippen molar-refractivity contribution >= 4 is 23.2 Å². The maximum absolute atomic E-state index is 5.65. The lowest BCUT2D eigenvalue weighted by Crippen LogP contribution is -2.24. The van der Waals surface area contributed by atoms with E-state index in [1.807, 2.05) is 17.1 Å². The number of alkyl halides is 2. The summed E-state index contributed by atoms with van der Waals surface area (Å²) in [7, 11) is 0. The predicted octanol–water partition coefficient (Wildman–Crippen LogP) is 2.18. The number of hydrogen-bond acceptors (Lipinski definition) is 1. The standard InChI is InChI=1S/C7H9Cl2N/c8-5-7-3-1-2-4-10(7)6-9/h1-3H,4-6H2. The lowest BCUT2D eigenvalue weighted by Gasteiger charge is -2.23. The minimum atomic E-state index is 0.517. The van der Waals surface area contributed by atoms with Crippen molar-refractivity contribution in [3.63, 3.8) is 0 Å². The van der Waals surface area contributed by atoms with Gasteiger partial charge in [-0.2, -0.15) is 0 Å². The van der Waals surface area contributed by atoms with Gasteiger partial charge in [-0.15, -0.1) is 23.2 Å². The van der Waals surface area contributed by atoms with E-state index in [1.165, 1.54) is 0 Å². The molecular weight excluding hydrogens is 169 g/mol. The molecular formula is C7H9Cl2N. The van der Waals surface area contributed by atoms with Gasteiger partial charge in [-0.3, -0.25) is 0 Å². The highest BCUT2D eigenvalue weighted by atomic mass is 35.5. The third kappa shape index (κ3) is 1.68. The maximum Gasteiger partial charge on any atom is 0.0929 e. The highest BCUT2D eigenvalue weighted by molar-refractivity contribution is 6.20. The van der Waals surface area contributed by atoms with Crippen LogP contribution in [0.2, 0.25) is 0 Å². The quantitative estimate of drug-likeness (QED) is 0.462. The minimum Gasteiger partial charge on any atom is -0.356 e. The van der Waals surface area contributed by atoms with Gasteiger partial charge in [-0.25, -0.2) is 0 Å². The van der Waals surface area contributed by atoms with Crippen LogP contribution in [-0.4, -0.2) is 23.3 Å². The molecule has 0 atom stereocenters. The monoisotopic (exact) mass is 177 g/mol. The van der Waals surface area contributed by atoms with Gasteiger partial charge in [0.05, 0.1) is 11.9 Å². The van der Waals surface area contributed by atoms with E-state index in [-0.39, 0.29) is 0 Å². The summed E-state index contributed by atoms with van der Waals surface area (Å²) in [5.41, 5.74) is 1.10. The van der Waals surface area contributed by atoms with Crippen LogP contribution in [0.15, 0.2) is 23.9 Å². The molecule has 0 fully saturated rings. The zero-order valence-corrected chi connectivity index (χ0v) is 7.07. The predicted molar refractivity (Wildman–Crippen MR) is 45.4 cm³/mol. The number of nitrogens with zero attached hydrogens (tertiary/aromatic N) is 1. The Morgan fingerprint density at radius 3 is 2.80 bits per heavy atom. The second-order valence-corrected chi connectivity index (χ2v) is 2.57. The van der Waals surface area contributed by atoms with E-state index < -0.39 is 0 Å². The van der Waals surface area contributed by atoms with Gasteiger partial charge in [-0.05, 0) is 6.08 Å². The molecule has 56 valence electrons. The van der Waals surface area contributed by atoms with Crippen molar-refractivity contribution in [2.45, 2.75) is 0 Å². The van der Waals surface area contributed by atoms with Crippen molar-refractivity contribution in [2.75, 3.05) is 18.4 Å². The van der Waals surface area contributed by atoms with E-state index >= 15 is 0 Å². The topological polar surface area (TPSA) is 3.24 Å². The molecule has 0 aromatic heterocycles. The Balaban J connectivity index is 2.61. The van der Waals surface area contributed by atoms with Gasteiger partial charge in [0.1, 0.15) is 0 Å². The van der Waals surface area contributed by atoms with Crippen LogP contribution in [0.3, 0.4) is 0 Å². The highest BCUT2D eigenvalue weighted by Gasteiger charge is 2.06. The minimum absolute atomic E-state index is 0.517. The molecule has 0 spiro atoms. The molecule has 0 saturated carbocycles. The van der Waals surface area contributed by atoms with Crippen LogP contribution >= 0.6 is 23.2 Å². The third-order valence-electron chi connectivity index (χ3n) is 1.44. The van der Waals surface area contributed by atoms with E-state index in [0.29, 0.717) is 11.9 Å². The molecule has 0 saturated heterocycles. The zero-order chi connectivity index (χ0) is 7.40. The molecule has 1 heterocycles. The smallest absolute Gasteiger partial charge is 0.0929 e. The molecule has 0 bridgehead atoms. The van der Waals surface area contributed by atoms with Gasteiger partial charge in [0, 0.05) is 12.2 Å². The average molecular weight is 178 g/mol. The van der Waals surface area contributed by atoms with Gasteiger partial charge in [0.25, 0.3) is 0 Å². The Bertz CT molecular complexity index is 163. The van der Waals surface area contributed by atoms with Crippen molar-refractivity contribution in [3.8, 4) is 0 Å². The molecule has 0 N–H and O–H groups in total. The molecule has 0 amide bonds. The highest BCUT2D eigenvalue weighted by Crippen LogP contribution is 2.11. The molecule has 1 aliphatic rings. The lowest BCUT2D eigenvalue weighted by atomic mass is 10.3.